The van der Waals surface area contributed by atoms with Gasteiger partial charge < -0.3 is 10.5 Å². The van der Waals surface area contributed by atoms with E-state index in [-0.39, 0.29) is 0 Å². The van der Waals surface area contributed by atoms with Crippen molar-refractivity contribution in [3.05, 3.63) is 90.0 Å². The van der Waals surface area contributed by atoms with Crippen LogP contribution in [0.1, 0.15) is 18.1 Å². The summed E-state index contributed by atoms with van der Waals surface area (Å²) in [5.41, 5.74) is 10.7. The van der Waals surface area contributed by atoms with Crippen molar-refractivity contribution in [3.8, 4) is 16.9 Å². The molecule has 0 bridgehead atoms. The molecule has 0 aromatic heterocycles. The highest BCUT2D eigenvalue weighted by molar-refractivity contribution is 6.29. The molecule has 0 spiro atoms. The van der Waals surface area contributed by atoms with Crippen molar-refractivity contribution in [2.45, 2.75) is 19.9 Å². The van der Waals surface area contributed by atoms with Crippen LogP contribution in [0.15, 0.2) is 78.9 Å². The third-order valence-corrected chi connectivity index (χ3v) is 6.15. The van der Waals surface area contributed by atoms with Gasteiger partial charge in [0.2, 0.25) is 0 Å². The fourth-order valence-electron chi connectivity index (χ4n) is 4.74. The smallest absolute Gasteiger partial charge is 0.123 e. The lowest BCUT2D eigenvalue weighted by atomic mass is 9.85. The molecular weight excluding hydrogens is 366 g/mol. The molecule has 0 amide bonds. The van der Waals surface area contributed by atoms with Gasteiger partial charge in [-0.25, -0.2) is 0 Å². The molecule has 0 aliphatic rings. The summed E-state index contributed by atoms with van der Waals surface area (Å²) in [4.78, 5) is 0. The first kappa shape index (κ1) is 18.7. The molecule has 0 saturated carbocycles. The van der Waals surface area contributed by atoms with Crippen LogP contribution in [0.4, 0.5) is 0 Å². The zero-order chi connectivity index (χ0) is 20.7. The van der Waals surface area contributed by atoms with Gasteiger partial charge in [-0.2, -0.15) is 0 Å². The first-order valence-electron chi connectivity index (χ1n) is 10.5. The van der Waals surface area contributed by atoms with E-state index in [1.165, 1.54) is 49.0 Å². The second-order valence-electron chi connectivity index (χ2n) is 7.70. The van der Waals surface area contributed by atoms with Gasteiger partial charge in [-0.3, -0.25) is 0 Å². The minimum Gasteiger partial charge on any atom is -0.496 e. The van der Waals surface area contributed by atoms with Crippen molar-refractivity contribution >= 4 is 32.3 Å². The van der Waals surface area contributed by atoms with E-state index in [4.69, 9.17) is 10.5 Å². The fraction of sp³-hybridized carbons (Fsp3) is 0.143. The van der Waals surface area contributed by atoms with E-state index in [1.54, 1.807) is 7.11 Å². The van der Waals surface area contributed by atoms with Gasteiger partial charge in [-0.1, -0.05) is 79.7 Å². The summed E-state index contributed by atoms with van der Waals surface area (Å²) >= 11 is 0. The number of fused-ring (bicyclic) bond motifs is 6. The Balaban J connectivity index is 2.05. The molecule has 2 N–H and O–H groups in total. The van der Waals surface area contributed by atoms with Crippen molar-refractivity contribution in [1.82, 2.24) is 0 Å². The standard InChI is InChI=1S/C28H25NO/c1-3-20-26(30-2)16-25-23-10-5-4-8-21(23)22-9-6-7-11-24(22)28(25)27(20)19-14-12-18(17-29)13-15-19/h4-16H,3,17,29H2,1-2H3. The van der Waals surface area contributed by atoms with Crippen molar-refractivity contribution in [2.75, 3.05) is 7.11 Å². The molecule has 5 aromatic carbocycles. The topological polar surface area (TPSA) is 35.2 Å². The van der Waals surface area contributed by atoms with E-state index in [0.717, 1.165) is 17.7 Å². The second-order valence-corrected chi connectivity index (χ2v) is 7.70. The van der Waals surface area contributed by atoms with Gasteiger partial charge in [0.15, 0.2) is 0 Å². The Morgan fingerprint density at radius 1 is 0.733 bits per heavy atom. The maximum absolute atomic E-state index is 5.89. The molecule has 0 radical (unpaired) electrons. The minimum atomic E-state index is 0.549. The van der Waals surface area contributed by atoms with Gasteiger partial charge in [0, 0.05) is 12.1 Å². The molecule has 0 fully saturated rings. The molecule has 5 rings (SSSR count). The third-order valence-electron chi connectivity index (χ3n) is 6.15. The zero-order valence-electron chi connectivity index (χ0n) is 17.4. The van der Waals surface area contributed by atoms with Gasteiger partial charge >= 0.3 is 0 Å². The maximum Gasteiger partial charge on any atom is 0.123 e. The van der Waals surface area contributed by atoms with E-state index in [1.807, 2.05) is 0 Å². The molecule has 0 aliphatic carbocycles. The Bertz CT molecular complexity index is 1380. The Hall–Kier alpha value is -3.36. The first-order chi connectivity index (χ1) is 14.8. The summed E-state index contributed by atoms with van der Waals surface area (Å²) in [7, 11) is 1.77. The highest BCUT2D eigenvalue weighted by Crippen LogP contribution is 2.45. The molecule has 0 aliphatic heterocycles. The summed E-state index contributed by atoms with van der Waals surface area (Å²) in [5, 5.41) is 7.62. The molecule has 148 valence electrons. The van der Waals surface area contributed by atoms with Gasteiger partial charge in [-0.05, 0) is 61.5 Å². The van der Waals surface area contributed by atoms with Crippen LogP contribution in [0, 0.1) is 0 Å². The molecule has 0 heterocycles. The number of benzene rings is 5. The zero-order valence-corrected chi connectivity index (χ0v) is 17.4. The summed E-state index contributed by atoms with van der Waals surface area (Å²) in [6, 6.07) is 28.3. The molecule has 30 heavy (non-hydrogen) atoms. The van der Waals surface area contributed by atoms with E-state index in [2.05, 4.69) is 85.8 Å². The number of ether oxygens (including phenoxy) is 1. The van der Waals surface area contributed by atoms with E-state index < -0.39 is 0 Å². The highest BCUT2D eigenvalue weighted by Gasteiger charge is 2.19. The normalized spacial score (nSPS) is 11.4. The van der Waals surface area contributed by atoms with Crippen LogP contribution in [0.25, 0.3) is 43.4 Å². The summed E-state index contributed by atoms with van der Waals surface area (Å²) in [6.07, 6.45) is 0.897. The molecule has 0 unspecified atom stereocenters. The van der Waals surface area contributed by atoms with Gasteiger partial charge in [0.05, 0.1) is 7.11 Å². The van der Waals surface area contributed by atoms with Crippen LogP contribution >= 0.6 is 0 Å². The fourth-order valence-corrected chi connectivity index (χ4v) is 4.74. The number of nitrogens with two attached hydrogens (primary N) is 1. The third kappa shape index (κ3) is 2.76. The highest BCUT2D eigenvalue weighted by atomic mass is 16.5. The van der Waals surface area contributed by atoms with Crippen LogP contribution in [0.5, 0.6) is 5.75 Å². The average Bonchev–Trinajstić information content (AvgIpc) is 2.83. The van der Waals surface area contributed by atoms with Gasteiger partial charge in [-0.15, -0.1) is 0 Å². The van der Waals surface area contributed by atoms with Crippen LogP contribution < -0.4 is 10.5 Å². The average molecular weight is 392 g/mol. The predicted molar refractivity (Wildman–Crippen MR) is 128 cm³/mol. The number of methoxy groups -OCH3 is 1. The molecular formula is C28H25NO. The largest absolute Gasteiger partial charge is 0.496 e. The van der Waals surface area contributed by atoms with Crippen molar-refractivity contribution < 1.29 is 4.74 Å². The van der Waals surface area contributed by atoms with Crippen LogP contribution in [0.2, 0.25) is 0 Å². The lowest BCUT2D eigenvalue weighted by molar-refractivity contribution is 0.411. The summed E-state index contributed by atoms with van der Waals surface area (Å²) in [6.45, 7) is 2.75. The van der Waals surface area contributed by atoms with Crippen molar-refractivity contribution in [2.24, 2.45) is 5.73 Å². The van der Waals surface area contributed by atoms with Crippen LogP contribution in [-0.4, -0.2) is 7.11 Å². The quantitative estimate of drug-likeness (QED) is 0.340. The molecule has 5 aromatic rings. The van der Waals surface area contributed by atoms with E-state index >= 15 is 0 Å². The first-order valence-corrected chi connectivity index (χ1v) is 10.5. The number of hydrogen-bond donors (Lipinski definition) is 1. The van der Waals surface area contributed by atoms with Crippen molar-refractivity contribution in [1.29, 1.82) is 0 Å². The van der Waals surface area contributed by atoms with Crippen LogP contribution in [-0.2, 0) is 13.0 Å². The van der Waals surface area contributed by atoms with E-state index in [9.17, 15) is 0 Å². The van der Waals surface area contributed by atoms with Gasteiger partial charge in [0.25, 0.3) is 0 Å². The minimum absolute atomic E-state index is 0.549. The van der Waals surface area contributed by atoms with Crippen LogP contribution in [0.3, 0.4) is 0 Å². The lowest BCUT2D eigenvalue weighted by Crippen LogP contribution is -1.99. The Morgan fingerprint density at radius 3 is 1.87 bits per heavy atom. The number of hydrogen-bond acceptors (Lipinski definition) is 2. The van der Waals surface area contributed by atoms with Crippen molar-refractivity contribution in [3.63, 3.8) is 0 Å². The SMILES string of the molecule is CCc1c(OC)cc2c3ccccc3c3ccccc3c2c1-c1ccc(CN)cc1. The monoisotopic (exact) mass is 391 g/mol. The molecule has 0 saturated heterocycles. The van der Waals surface area contributed by atoms with Gasteiger partial charge in [0.1, 0.15) is 5.75 Å². The predicted octanol–water partition coefficient (Wildman–Crippen LogP) is 6.84. The maximum atomic E-state index is 5.89. The lowest BCUT2D eigenvalue weighted by Gasteiger charge is -2.20. The Labute approximate surface area is 176 Å². The second kappa shape index (κ2) is 7.47. The van der Waals surface area contributed by atoms with E-state index in [0.29, 0.717) is 6.54 Å². The Kier molecular flexibility index (Phi) is 4.65. The number of rotatable bonds is 4. The molecule has 2 heteroatoms. The molecule has 2 nitrogen and oxygen atoms in total. The Morgan fingerprint density at radius 2 is 1.30 bits per heavy atom. The molecule has 0 atom stereocenters. The summed E-state index contributed by atoms with van der Waals surface area (Å²) < 4.78 is 5.89. The summed E-state index contributed by atoms with van der Waals surface area (Å²) in [5.74, 6) is 0.948.